The first-order chi connectivity index (χ1) is 13.7. The maximum Gasteiger partial charge on any atom is 0.276 e. The summed E-state index contributed by atoms with van der Waals surface area (Å²) in [6.07, 6.45) is 4.57. The summed E-state index contributed by atoms with van der Waals surface area (Å²) >= 11 is 0. The Morgan fingerprint density at radius 2 is 1.86 bits per heavy atom. The van der Waals surface area contributed by atoms with E-state index in [0.29, 0.717) is 42.9 Å². The average molecular weight is 376 g/mol. The number of pyridine rings is 1. The van der Waals surface area contributed by atoms with Gasteiger partial charge >= 0.3 is 0 Å². The number of nitrogens with one attached hydrogen (secondary N) is 1. The molecule has 0 bridgehead atoms. The smallest absolute Gasteiger partial charge is 0.276 e. The molecule has 1 aliphatic heterocycles. The summed E-state index contributed by atoms with van der Waals surface area (Å²) in [5.41, 5.74) is 1.72. The summed E-state index contributed by atoms with van der Waals surface area (Å²) in [6, 6.07) is 14.7. The lowest BCUT2D eigenvalue weighted by atomic mass is 10.0. The van der Waals surface area contributed by atoms with Crippen LogP contribution >= 0.6 is 0 Å². The van der Waals surface area contributed by atoms with E-state index in [0.717, 1.165) is 5.56 Å². The average Bonchev–Trinajstić information content (AvgIpc) is 3.25. The lowest BCUT2D eigenvalue weighted by molar-refractivity contribution is 0.0688. The Balaban J connectivity index is 1.33. The monoisotopic (exact) mass is 376 g/mol. The highest BCUT2D eigenvalue weighted by molar-refractivity contribution is 5.94. The number of piperidine rings is 1. The Morgan fingerprint density at radius 1 is 1.07 bits per heavy atom. The number of carbonyl (C=O) groups is 2. The molecule has 7 nitrogen and oxygen atoms in total. The molecule has 3 aromatic rings. The van der Waals surface area contributed by atoms with Crippen molar-refractivity contribution >= 4 is 11.8 Å². The molecule has 0 aliphatic carbocycles. The molecule has 0 unspecified atom stereocenters. The first-order valence-electron chi connectivity index (χ1n) is 9.23. The van der Waals surface area contributed by atoms with Crippen LogP contribution in [0.3, 0.4) is 0 Å². The Bertz CT molecular complexity index is 948. The van der Waals surface area contributed by atoms with E-state index >= 15 is 0 Å². The molecule has 1 saturated heterocycles. The highest BCUT2D eigenvalue weighted by Crippen LogP contribution is 2.21. The number of benzene rings is 1. The zero-order valence-corrected chi connectivity index (χ0v) is 15.2. The summed E-state index contributed by atoms with van der Waals surface area (Å²) < 4.78 is 5.32. The van der Waals surface area contributed by atoms with Crippen molar-refractivity contribution in [2.24, 2.45) is 0 Å². The SMILES string of the molecule is O=C(NC1CCN(C(=O)c2cc(-c3ccccc3)on2)CC1)c1cccnc1. The lowest BCUT2D eigenvalue weighted by Gasteiger charge is -2.31. The van der Waals surface area contributed by atoms with Crippen molar-refractivity contribution < 1.29 is 14.1 Å². The number of hydrogen-bond donors (Lipinski definition) is 1. The minimum absolute atomic E-state index is 0.0361. The first kappa shape index (κ1) is 17.9. The van der Waals surface area contributed by atoms with Crippen molar-refractivity contribution in [3.63, 3.8) is 0 Å². The summed E-state index contributed by atoms with van der Waals surface area (Å²) in [6.45, 7) is 1.12. The molecule has 4 rings (SSSR count). The quantitative estimate of drug-likeness (QED) is 0.756. The van der Waals surface area contributed by atoms with Crippen LogP contribution in [-0.2, 0) is 0 Å². The van der Waals surface area contributed by atoms with Crippen LogP contribution in [0.4, 0.5) is 0 Å². The normalized spacial score (nSPS) is 14.6. The largest absolute Gasteiger partial charge is 0.355 e. The summed E-state index contributed by atoms with van der Waals surface area (Å²) in [5, 5.41) is 6.94. The fourth-order valence-corrected chi connectivity index (χ4v) is 3.27. The van der Waals surface area contributed by atoms with E-state index in [2.05, 4.69) is 15.5 Å². The standard InChI is InChI=1S/C21H20N4O3/c26-20(16-7-4-10-22-14-16)23-17-8-11-25(12-9-17)21(27)18-13-19(28-24-18)15-5-2-1-3-6-15/h1-7,10,13-14,17H,8-9,11-12H2,(H,23,26). The van der Waals surface area contributed by atoms with Crippen LogP contribution in [0, 0.1) is 0 Å². The Labute approximate surface area is 162 Å². The van der Waals surface area contributed by atoms with Gasteiger partial charge in [-0.15, -0.1) is 0 Å². The molecule has 3 heterocycles. The number of carbonyl (C=O) groups excluding carboxylic acids is 2. The second-order valence-electron chi connectivity index (χ2n) is 6.72. The van der Waals surface area contributed by atoms with Crippen molar-refractivity contribution in [3.8, 4) is 11.3 Å². The minimum Gasteiger partial charge on any atom is -0.355 e. The summed E-state index contributed by atoms with van der Waals surface area (Å²) in [7, 11) is 0. The predicted octanol–water partition coefficient (Wildman–Crippen LogP) is 2.77. The number of rotatable bonds is 4. The van der Waals surface area contributed by atoms with Crippen molar-refractivity contribution in [2.75, 3.05) is 13.1 Å². The van der Waals surface area contributed by atoms with E-state index in [1.807, 2.05) is 30.3 Å². The second kappa shape index (κ2) is 8.04. The van der Waals surface area contributed by atoms with E-state index in [-0.39, 0.29) is 17.9 Å². The van der Waals surface area contributed by atoms with Crippen LogP contribution in [0.25, 0.3) is 11.3 Å². The number of hydrogen-bond acceptors (Lipinski definition) is 5. The Kier molecular flexibility index (Phi) is 5.14. The molecule has 0 radical (unpaired) electrons. The van der Waals surface area contributed by atoms with Gasteiger partial charge in [-0.2, -0.15) is 0 Å². The van der Waals surface area contributed by atoms with Crippen molar-refractivity contribution in [2.45, 2.75) is 18.9 Å². The fourth-order valence-electron chi connectivity index (χ4n) is 3.27. The third-order valence-electron chi connectivity index (χ3n) is 4.83. The molecule has 142 valence electrons. The van der Waals surface area contributed by atoms with Gasteiger partial charge in [-0.1, -0.05) is 35.5 Å². The van der Waals surface area contributed by atoms with Crippen LogP contribution in [0.15, 0.2) is 65.4 Å². The predicted molar refractivity (Wildman–Crippen MR) is 103 cm³/mol. The van der Waals surface area contributed by atoms with E-state index in [1.54, 1.807) is 35.5 Å². The molecule has 1 aromatic carbocycles. The summed E-state index contributed by atoms with van der Waals surface area (Å²) in [4.78, 5) is 30.6. The molecule has 2 aromatic heterocycles. The van der Waals surface area contributed by atoms with Crippen LogP contribution in [0.5, 0.6) is 0 Å². The molecule has 0 atom stereocenters. The van der Waals surface area contributed by atoms with Crippen LogP contribution in [0.1, 0.15) is 33.7 Å². The molecule has 0 spiro atoms. The minimum atomic E-state index is -0.150. The van der Waals surface area contributed by atoms with Gasteiger partial charge in [-0.3, -0.25) is 14.6 Å². The van der Waals surface area contributed by atoms with E-state index in [4.69, 9.17) is 4.52 Å². The van der Waals surface area contributed by atoms with Gasteiger partial charge in [0.05, 0.1) is 5.56 Å². The molecular weight excluding hydrogens is 356 g/mol. The molecule has 28 heavy (non-hydrogen) atoms. The number of amides is 2. The van der Waals surface area contributed by atoms with Crippen LogP contribution in [0.2, 0.25) is 0 Å². The molecular formula is C21H20N4O3. The van der Waals surface area contributed by atoms with E-state index < -0.39 is 0 Å². The van der Waals surface area contributed by atoms with Gasteiger partial charge in [-0.05, 0) is 25.0 Å². The molecule has 1 N–H and O–H groups in total. The van der Waals surface area contributed by atoms with Gasteiger partial charge in [0.15, 0.2) is 11.5 Å². The Morgan fingerprint density at radius 3 is 2.57 bits per heavy atom. The van der Waals surface area contributed by atoms with Crippen molar-refractivity contribution in [1.82, 2.24) is 20.4 Å². The topological polar surface area (TPSA) is 88.3 Å². The number of nitrogens with zero attached hydrogens (tertiary/aromatic N) is 3. The van der Waals surface area contributed by atoms with Gasteiger partial charge in [0.25, 0.3) is 11.8 Å². The fraction of sp³-hybridized carbons (Fsp3) is 0.238. The maximum atomic E-state index is 12.7. The van der Waals surface area contributed by atoms with Crippen LogP contribution < -0.4 is 5.32 Å². The third kappa shape index (κ3) is 3.93. The molecule has 7 heteroatoms. The zero-order valence-electron chi connectivity index (χ0n) is 15.2. The van der Waals surface area contributed by atoms with Crippen LogP contribution in [-0.4, -0.2) is 46.0 Å². The van der Waals surface area contributed by atoms with Gasteiger partial charge < -0.3 is 14.7 Å². The Hall–Kier alpha value is -3.48. The van der Waals surface area contributed by atoms with Gasteiger partial charge in [-0.25, -0.2) is 0 Å². The molecule has 1 fully saturated rings. The summed E-state index contributed by atoms with van der Waals surface area (Å²) in [5.74, 6) is 0.285. The van der Waals surface area contributed by atoms with Gasteiger partial charge in [0.1, 0.15) is 0 Å². The lowest BCUT2D eigenvalue weighted by Crippen LogP contribution is -2.46. The highest BCUT2D eigenvalue weighted by Gasteiger charge is 2.26. The highest BCUT2D eigenvalue weighted by atomic mass is 16.5. The first-order valence-corrected chi connectivity index (χ1v) is 9.23. The maximum absolute atomic E-state index is 12.7. The number of aromatic nitrogens is 2. The number of likely N-dealkylation sites (tertiary alicyclic amines) is 1. The zero-order chi connectivity index (χ0) is 19.3. The second-order valence-corrected chi connectivity index (χ2v) is 6.72. The molecule has 1 aliphatic rings. The molecule has 0 saturated carbocycles. The van der Waals surface area contributed by atoms with Gasteiger partial charge in [0, 0.05) is 43.2 Å². The van der Waals surface area contributed by atoms with Crippen molar-refractivity contribution in [1.29, 1.82) is 0 Å². The molecule has 2 amide bonds. The van der Waals surface area contributed by atoms with Gasteiger partial charge in [0.2, 0.25) is 0 Å². The van der Waals surface area contributed by atoms with Crippen molar-refractivity contribution in [3.05, 3.63) is 72.2 Å². The third-order valence-corrected chi connectivity index (χ3v) is 4.83. The van der Waals surface area contributed by atoms with E-state index in [9.17, 15) is 9.59 Å². The van der Waals surface area contributed by atoms with E-state index in [1.165, 1.54) is 0 Å².